The number of hydrogen-bond donors (Lipinski definition) is 2. The fourth-order valence-electron chi connectivity index (χ4n) is 5.60. The summed E-state index contributed by atoms with van der Waals surface area (Å²) in [6.07, 6.45) is 4.31. The highest BCUT2D eigenvalue weighted by Crippen LogP contribution is 2.36. The molecule has 1 unspecified atom stereocenters. The number of nitrogens with two attached hydrogens (primary N) is 1. The lowest BCUT2D eigenvalue weighted by Crippen LogP contribution is -2.51. The average Bonchev–Trinajstić information content (AvgIpc) is 3.82. The van der Waals surface area contributed by atoms with Gasteiger partial charge in [0, 0.05) is 71.9 Å². The first-order valence-electron chi connectivity index (χ1n) is 13.7. The van der Waals surface area contributed by atoms with Gasteiger partial charge in [0.2, 0.25) is 0 Å². The van der Waals surface area contributed by atoms with E-state index in [1.807, 2.05) is 35.2 Å². The number of anilines is 2. The molecule has 1 aromatic heterocycles. The van der Waals surface area contributed by atoms with Crippen molar-refractivity contribution in [2.45, 2.75) is 30.7 Å². The number of nitrogen functional groups attached to an aromatic ring is 1. The third-order valence-corrected chi connectivity index (χ3v) is 9.52. The summed E-state index contributed by atoms with van der Waals surface area (Å²) in [6, 6.07) is 21.4. The zero-order valence-corrected chi connectivity index (χ0v) is 23.3. The van der Waals surface area contributed by atoms with Gasteiger partial charge < -0.3 is 10.6 Å². The number of carbonyl (C=O) groups excluding carboxylic acids is 1. The van der Waals surface area contributed by atoms with Crippen molar-refractivity contribution >= 4 is 38.2 Å². The first-order chi connectivity index (χ1) is 19.3. The van der Waals surface area contributed by atoms with Gasteiger partial charge in [-0.2, -0.15) is 0 Å². The summed E-state index contributed by atoms with van der Waals surface area (Å²) in [6.45, 7) is 5.47. The molecule has 1 atom stereocenters. The highest BCUT2D eigenvalue weighted by atomic mass is 32.2. The molecular weight excluding hydrogens is 522 g/mol. The minimum atomic E-state index is -3.98. The molecule has 6 rings (SSSR count). The maximum Gasteiger partial charge on any atom is 0.262 e. The molecule has 0 spiro atoms. The SMILES string of the molecule is CC(C1CC1)N1CCN(C(=O)c2ccc(NS(=O)(=O)c3ccc(N)cc3-c3cccc4cccnc34)cc2)CC1. The molecule has 2 fully saturated rings. The largest absolute Gasteiger partial charge is 0.399 e. The van der Waals surface area contributed by atoms with E-state index in [0.717, 1.165) is 24.4 Å². The molecular formula is C31H33N5O3S. The van der Waals surface area contributed by atoms with Gasteiger partial charge in [0.25, 0.3) is 15.9 Å². The smallest absolute Gasteiger partial charge is 0.262 e. The number of benzene rings is 3. The van der Waals surface area contributed by atoms with Crippen molar-refractivity contribution in [2.75, 3.05) is 36.6 Å². The van der Waals surface area contributed by atoms with Crippen LogP contribution >= 0.6 is 0 Å². The number of piperazine rings is 1. The Bertz CT molecular complexity index is 1660. The quantitative estimate of drug-likeness (QED) is 0.316. The topological polar surface area (TPSA) is 109 Å². The van der Waals surface area contributed by atoms with Gasteiger partial charge in [0.15, 0.2) is 0 Å². The number of sulfonamides is 1. The molecule has 1 aliphatic heterocycles. The number of aromatic nitrogens is 1. The predicted molar refractivity (Wildman–Crippen MR) is 159 cm³/mol. The number of fused-ring (bicyclic) bond motifs is 1. The molecule has 1 saturated carbocycles. The zero-order chi connectivity index (χ0) is 27.9. The van der Waals surface area contributed by atoms with Crippen molar-refractivity contribution in [1.82, 2.24) is 14.8 Å². The van der Waals surface area contributed by atoms with Gasteiger partial charge in [-0.1, -0.05) is 24.3 Å². The zero-order valence-electron chi connectivity index (χ0n) is 22.5. The van der Waals surface area contributed by atoms with E-state index < -0.39 is 10.0 Å². The van der Waals surface area contributed by atoms with Gasteiger partial charge in [-0.15, -0.1) is 0 Å². The number of pyridine rings is 1. The van der Waals surface area contributed by atoms with Crippen LogP contribution in [0.1, 0.15) is 30.1 Å². The van der Waals surface area contributed by atoms with E-state index in [1.165, 1.54) is 18.9 Å². The lowest BCUT2D eigenvalue weighted by atomic mass is 10.0. The molecule has 2 aliphatic rings. The van der Waals surface area contributed by atoms with Crippen molar-refractivity contribution in [2.24, 2.45) is 5.92 Å². The van der Waals surface area contributed by atoms with Crippen LogP contribution in [0.4, 0.5) is 11.4 Å². The second-order valence-electron chi connectivity index (χ2n) is 10.7. The summed E-state index contributed by atoms with van der Waals surface area (Å²) in [4.78, 5) is 22.1. The van der Waals surface area contributed by atoms with Crippen LogP contribution in [0.5, 0.6) is 0 Å². The Morgan fingerprint density at radius 2 is 1.68 bits per heavy atom. The van der Waals surface area contributed by atoms with Crippen LogP contribution in [0, 0.1) is 5.92 Å². The molecule has 9 heteroatoms. The highest BCUT2D eigenvalue weighted by molar-refractivity contribution is 7.92. The van der Waals surface area contributed by atoms with Crippen LogP contribution in [-0.2, 0) is 10.0 Å². The molecule has 0 radical (unpaired) electrons. The van der Waals surface area contributed by atoms with E-state index in [9.17, 15) is 13.2 Å². The minimum Gasteiger partial charge on any atom is -0.399 e. The Labute approximate surface area is 234 Å². The molecule has 1 aliphatic carbocycles. The van der Waals surface area contributed by atoms with E-state index >= 15 is 0 Å². The number of nitrogens with zero attached hydrogens (tertiary/aromatic N) is 3. The van der Waals surface area contributed by atoms with Crippen molar-refractivity contribution in [3.63, 3.8) is 0 Å². The van der Waals surface area contributed by atoms with Crippen LogP contribution in [0.25, 0.3) is 22.0 Å². The normalized spacial score (nSPS) is 17.1. The standard InChI is InChI=1S/C31H33N5O3S/c1-21(22-7-8-22)35-16-18-36(19-17-35)31(37)24-9-12-26(13-10-24)34-40(38,39)29-14-11-25(32)20-28(29)27-6-2-4-23-5-3-15-33-30(23)27/h2-6,9-15,20-22,34H,7-8,16-19,32H2,1H3. The maximum atomic E-state index is 13.6. The molecule has 3 aromatic carbocycles. The molecule has 1 amide bonds. The monoisotopic (exact) mass is 555 g/mol. The molecule has 1 saturated heterocycles. The average molecular weight is 556 g/mol. The molecule has 0 bridgehead atoms. The fraction of sp³-hybridized carbons (Fsp3) is 0.290. The van der Waals surface area contributed by atoms with Gasteiger partial charge in [0.1, 0.15) is 0 Å². The molecule has 2 heterocycles. The Hall–Kier alpha value is -3.95. The summed E-state index contributed by atoms with van der Waals surface area (Å²) in [5.74, 6) is 0.781. The summed E-state index contributed by atoms with van der Waals surface area (Å²) in [5, 5.41) is 0.901. The second kappa shape index (κ2) is 10.6. The summed E-state index contributed by atoms with van der Waals surface area (Å²) in [5.41, 5.74) is 9.29. The number of para-hydroxylation sites is 1. The van der Waals surface area contributed by atoms with Crippen molar-refractivity contribution in [3.8, 4) is 11.1 Å². The molecule has 4 aromatic rings. The van der Waals surface area contributed by atoms with Crippen LogP contribution in [-0.4, -0.2) is 61.3 Å². The first kappa shape index (κ1) is 26.3. The molecule has 206 valence electrons. The fourth-order valence-corrected chi connectivity index (χ4v) is 6.86. The third-order valence-electron chi connectivity index (χ3n) is 8.08. The Morgan fingerprint density at radius 3 is 2.40 bits per heavy atom. The van der Waals surface area contributed by atoms with E-state index in [-0.39, 0.29) is 10.8 Å². The Kier molecular flexibility index (Phi) is 6.93. The van der Waals surface area contributed by atoms with Gasteiger partial charge in [0.05, 0.1) is 10.4 Å². The van der Waals surface area contributed by atoms with E-state index in [4.69, 9.17) is 5.73 Å². The van der Waals surface area contributed by atoms with E-state index in [2.05, 4.69) is 21.5 Å². The summed E-state index contributed by atoms with van der Waals surface area (Å²) >= 11 is 0. The Balaban J connectivity index is 1.20. The van der Waals surface area contributed by atoms with Gasteiger partial charge >= 0.3 is 0 Å². The van der Waals surface area contributed by atoms with Crippen molar-refractivity contribution in [1.29, 1.82) is 0 Å². The number of amides is 1. The van der Waals surface area contributed by atoms with Gasteiger partial charge in [-0.05, 0) is 74.2 Å². The lowest BCUT2D eigenvalue weighted by molar-refractivity contribution is 0.0564. The summed E-state index contributed by atoms with van der Waals surface area (Å²) in [7, 11) is -3.98. The first-order valence-corrected chi connectivity index (χ1v) is 15.2. The van der Waals surface area contributed by atoms with E-state index in [1.54, 1.807) is 42.6 Å². The van der Waals surface area contributed by atoms with Gasteiger partial charge in [-0.3, -0.25) is 19.4 Å². The van der Waals surface area contributed by atoms with Gasteiger partial charge in [-0.25, -0.2) is 8.42 Å². The van der Waals surface area contributed by atoms with E-state index in [0.29, 0.717) is 52.7 Å². The number of hydrogen-bond acceptors (Lipinski definition) is 6. The van der Waals surface area contributed by atoms with Crippen molar-refractivity contribution in [3.05, 3.63) is 84.6 Å². The maximum absolute atomic E-state index is 13.6. The second-order valence-corrected chi connectivity index (χ2v) is 12.4. The molecule has 40 heavy (non-hydrogen) atoms. The van der Waals surface area contributed by atoms with Crippen LogP contribution < -0.4 is 10.5 Å². The van der Waals surface area contributed by atoms with Crippen LogP contribution in [0.3, 0.4) is 0 Å². The van der Waals surface area contributed by atoms with Crippen LogP contribution in [0.2, 0.25) is 0 Å². The summed E-state index contributed by atoms with van der Waals surface area (Å²) < 4.78 is 29.9. The van der Waals surface area contributed by atoms with Crippen LogP contribution in [0.15, 0.2) is 83.9 Å². The molecule has 3 N–H and O–H groups in total. The number of rotatable bonds is 7. The molecule has 8 nitrogen and oxygen atoms in total. The number of carbonyl (C=O) groups is 1. The predicted octanol–water partition coefficient (Wildman–Crippen LogP) is 4.84. The number of nitrogens with one attached hydrogen (secondary N) is 1. The Morgan fingerprint density at radius 1 is 0.950 bits per heavy atom. The van der Waals surface area contributed by atoms with Crippen molar-refractivity contribution < 1.29 is 13.2 Å². The highest BCUT2D eigenvalue weighted by Gasteiger charge is 2.34. The third kappa shape index (κ3) is 5.26. The lowest BCUT2D eigenvalue weighted by Gasteiger charge is -2.38. The minimum absolute atomic E-state index is 0.0302.